The van der Waals surface area contributed by atoms with E-state index in [2.05, 4.69) is 65.5 Å². The van der Waals surface area contributed by atoms with Crippen LogP contribution in [0.25, 0.3) is 32.7 Å². The van der Waals surface area contributed by atoms with Crippen molar-refractivity contribution in [2.24, 2.45) is 0 Å². The summed E-state index contributed by atoms with van der Waals surface area (Å²) in [7, 11) is 3.20. The molecule has 3 aromatic heterocycles. The molecular formula is C67H75Cl4F6N14NaO13P2. The summed E-state index contributed by atoms with van der Waals surface area (Å²) in [5, 5.41) is 14.2. The van der Waals surface area contributed by atoms with Gasteiger partial charge in [-0.3, -0.25) is 23.5 Å². The van der Waals surface area contributed by atoms with Gasteiger partial charge in [-0.05, 0) is 146 Å². The second-order valence-electron chi connectivity index (χ2n) is 21.6. The maximum Gasteiger partial charge on any atom is 1.00 e. The van der Waals surface area contributed by atoms with E-state index >= 15 is 0 Å². The number of methoxy groups -OCH3 is 3. The Labute approximate surface area is 655 Å². The van der Waals surface area contributed by atoms with Gasteiger partial charge >= 0.3 is 44.7 Å². The third-order valence-corrected chi connectivity index (χ3v) is 18.7. The van der Waals surface area contributed by atoms with Crippen molar-refractivity contribution in [1.29, 1.82) is 0 Å². The van der Waals surface area contributed by atoms with Crippen molar-refractivity contribution in [3.63, 3.8) is 0 Å². The first-order chi connectivity index (χ1) is 50.3. The average molecular weight is 1630 g/mol. The van der Waals surface area contributed by atoms with Crippen molar-refractivity contribution in [1.82, 2.24) is 39.7 Å². The fourth-order valence-corrected chi connectivity index (χ4v) is 12.2. The van der Waals surface area contributed by atoms with E-state index in [0.717, 1.165) is 11.7 Å². The molecule has 0 aliphatic heterocycles. The normalized spacial score (nSPS) is 11.7. The Morgan fingerprint density at radius 3 is 1.21 bits per heavy atom. The topological polar surface area (TPSA) is 337 Å². The molecular weight excluding hydrogens is 1550 g/mol. The molecule has 0 bridgehead atoms. The molecule has 0 aliphatic rings. The number of fused-ring (bicyclic) bond motifs is 3. The fourth-order valence-electron chi connectivity index (χ4n) is 8.61. The number of hydrogen-bond acceptors (Lipinski definition) is 25. The minimum atomic E-state index is -4.34. The molecule has 27 nitrogen and oxygen atoms in total. The van der Waals surface area contributed by atoms with Gasteiger partial charge in [0.25, 0.3) is 28.9 Å². The average Bonchev–Trinajstić information content (AvgIpc) is 0.795. The van der Waals surface area contributed by atoms with Gasteiger partial charge in [0.05, 0.1) is 103 Å². The molecule has 9 rings (SSSR count). The van der Waals surface area contributed by atoms with Gasteiger partial charge in [-0.2, -0.15) is 0 Å². The van der Waals surface area contributed by atoms with E-state index in [9.17, 15) is 54.7 Å². The summed E-state index contributed by atoms with van der Waals surface area (Å²) in [5.41, 5.74) is 9.91. The van der Waals surface area contributed by atoms with Crippen molar-refractivity contribution in [2.75, 3.05) is 121 Å². The predicted octanol–water partition coefficient (Wildman–Crippen LogP) is 13.1. The van der Waals surface area contributed by atoms with Gasteiger partial charge in [0.2, 0.25) is 0 Å². The number of likely N-dealkylation sites (N-methyl/N-ethyl adjacent to an activating group) is 2. The maximum atomic E-state index is 14.8. The summed E-state index contributed by atoms with van der Waals surface area (Å²) in [6.45, 7) is 6.60. The van der Waals surface area contributed by atoms with Crippen molar-refractivity contribution < 1.29 is 118 Å². The summed E-state index contributed by atoms with van der Waals surface area (Å²) in [6.07, 6.45) is 6.12. The van der Waals surface area contributed by atoms with Crippen LogP contribution >= 0.6 is 61.6 Å². The van der Waals surface area contributed by atoms with Gasteiger partial charge < -0.3 is 80.6 Å². The number of nitrogens with two attached hydrogens (primary N) is 1. The maximum absolute atomic E-state index is 14.8. The summed E-state index contributed by atoms with van der Waals surface area (Å²) in [6, 6.07) is 22.1. The number of anilines is 9. The van der Waals surface area contributed by atoms with Crippen LogP contribution in [0.3, 0.4) is 0 Å². The van der Waals surface area contributed by atoms with Crippen LogP contribution in [0.2, 0.25) is 15.1 Å². The molecule has 0 aliphatic carbocycles. The van der Waals surface area contributed by atoms with Gasteiger partial charge in [0.15, 0.2) is 5.83 Å². The molecule has 572 valence electrons. The molecule has 0 saturated carbocycles. The number of aldehydes is 1. The molecule has 2 amide bonds. The number of amides is 2. The largest absolute Gasteiger partial charge is 1.00 e. The first-order valence-electron chi connectivity index (χ1n) is 31.2. The van der Waals surface area contributed by atoms with E-state index < -0.39 is 67.4 Å². The summed E-state index contributed by atoms with van der Waals surface area (Å²) in [5.74, 6) is -7.39. The smallest absolute Gasteiger partial charge is 1.00 e. The molecule has 0 fully saturated rings. The number of nitrogen functional groups attached to an aromatic ring is 1. The molecule has 7 N–H and O–H groups in total. The Balaban J connectivity index is 0.000000377. The molecule has 2 atom stereocenters. The van der Waals surface area contributed by atoms with E-state index in [1.807, 2.05) is 19.0 Å². The van der Waals surface area contributed by atoms with E-state index in [0.29, 0.717) is 85.6 Å². The number of nitrogens with one attached hydrogen (secondary N) is 5. The second kappa shape index (κ2) is 44.4. The van der Waals surface area contributed by atoms with Crippen molar-refractivity contribution in [2.45, 2.75) is 39.5 Å². The molecule has 0 radical (unpaired) electrons. The third kappa shape index (κ3) is 26.9. The van der Waals surface area contributed by atoms with E-state index in [1.165, 1.54) is 128 Å². The molecule has 6 aromatic carbocycles. The van der Waals surface area contributed by atoms with Crippen LogP contribution < -0.4 is 76.1 Å². The number of ether oxygens (including phenoxy) is 3. The van der Waals surface area contributed by atoms with Crippen molar-refractivity contribution in [3.05, 3.63) is 154 Å². The standard InChI is InChI=1S/C21H20ClF2N5O2.C21H22ClF2N4O5P.C15H12ClFN4O.C6H11ClFO4P.C4H9NO.Na.H/c1-29(2)7-6-16(24)21(30)28-18-9-13-17(10-19(18)31-3)25-11-26-20(13)27-12-4-5-15(23)14(22)8-12;1-4-32-34(30,33-5-2)19(24)21(29)28-17-9-13-16(10-18(17)31-3)25-11-26-20(13)27-12-6-7-15(23)14(22)8-12;1-22-14-6-13-9(5-12(14)18)15(20-7-19-13)21-8-2-3-11(17)10(16)4-8;1-3-11-13(10,12-4-2)6(8)5(7)9;1-5(2)3-4-6;;/h4-6,8-11H,7H2,1-3H3,(H,28,30)(H,25,26,27);6-11,19H,4-5H2,1-3H3,(H,28,29)(H,25,26,27);2-7H,18H2,1H3,(H,19,20,21);6H,3-4H2,1-2H3;4H,3H2,1-2H3;;/q;;;;;+1;-1. The zero-order valence-corrected chi connectivity index (χ0v) is 66.4. The van der Waals surface area contributed by atoms with Crippen LogP contribution in [-0.2, 0) is 46.4 Å². The van der Waals surface area contributed by atoms with E-state index in [4.69, 9.17) is 75.4 Å². The summed E-state index contributed by atoms with van der Waals surface area (Å²) >= 11 is 22.3. The monoisotopic (exact) mass is 1620 g/mol. The Morgan fingerprint density at radius 1 is 0.542 bits per heavy atom. The van der Waals surface area contributed by atoms with Gasteiger partial charge in [-0.25, -0.2) is 56.2 Å². The van der Waals surface area contributed by atoms with Crippen LogP contribution in [0.4, 0.5) is 77.9 Å². The number of halogens is 10. The summed E-state index contributed by atoms with van der Waals surface area (Å²) in [4.78, 5) is 73.5. The number of nitrogens with zero attached hydrogens (tertiary/aromatic N) is 8. The SMILES string of the molecule is CCOP(=O)(OCC)C(F)C(=O)Cl.CCOP(=O)(OCC)C(F)C(=O)Nc1cc2c(Nc3ccc(F)c(Cl)c3)ncnc2cc1OC.CN(C)CC=O.COc1cc2ncnc(Nc3ccc(F)c(Cl)c3)c2cc1N.COc1cc2ncnc(Nc3ccc(F)c(Cl)c3)c2cc1NC(=O)C(F)=CCN(C)C.[H-].[Na+]. The Hall–Kier alpha value is -8.08. The predicted molar refractivity (Wildman–Crippen MR) is 400 cm³/mol. The minimum Gasteiger partial charge on any atom is -1.00 e. The number of hydrogen-bond donors (Lipinski definition) is 6. The Morgan fingerprint density at radius 2 is 0.888 bits per heavy atom. The molecule has 2 unspecified atom stereocenters. The minimum absolute atomic E-state index is 0. The number of benzene rings is 6. The van der Waals surface area contributed by atoms with Crippen LogP contribution in [-0.4, -0.2) is 164 Å². The number of carbonyl (C=O) groups excluding carboxylic acids is 4. The Kier molecular flexibility index (Phi) is 37.9. The first kappa shape index (κ1) is 91.3. The van der Waals surface area contributed by atoms with Crippen LogP contribution in [0.15, 0.2) is 122 Å². The molecule has 3 heterocycles. The number of carbonyl (C=O) groups is 4. The van der Waals surface area contributed by atoms with Crippen LogP contribution in [0.5, 0.6) is 17.2 Å². The van der Waals surface area contributed by atoms with Crippen LogP contribution in [0, 0.1) is 17.5 Å². The quantitative estimate of drug-likeness (QED) is 0.00504. The van der Waals surface area contributed by atoms with Gasteiger partial charge in [0, 0.05) is 58.0 Å². The van der Waals surface area contributed by atoms with Crippen molar-refractivity contribution >= 4 is 169 Å². The van der Waals surface area contributed by atoms with E-state index in [-0.39, 0.29) is 96.1 Å². The number of aromatic nitrogens is 6. The fraction of sp³-hybridized carbons (Fsp3) is 0.284. The number of alkyl halides is 2. The zero-order valence-electron chi connectivity index (χ0n) is 60.6. The van der Waals surface area contributed by atoms with E-state index in [1.54, 1.807) is 56.4 Å². The van der Waals surface area contributed by atoms with Gasteiger partial charge in [-0.15, -0.1) is 0 Å². The Bertz CT molecular complexity index is 4670. The molecule has 9 aromatic rings. The van der Waals surface area contributed by atoms with Crippen molar-refractivity contribution in [3.8, 4) is 17.2 Å². The zero-order chi connectivity index (χ0) is 78.6. The first-order valence-corrected chi connectivity index (χ1v) is 35.9. The number of rotatable bonds is 28. The molecule has 107 heavy (non-hydrogen) atoms. The summed E-state index contributed by atoms with van der Waals surface area (Å²) < 4.78 is 141. The molecule has 0 saturated heterocycles. The van der Waals surface area contributed by atoms with Gasteiger partial charge in [-0.1, -0.05) is 34.8 Å². The molecule has 40 heteroatoms. The second-order valence-corrected chi connectivity index (χ2v) is 27.3. The third-order valence-electron chi connectivity index (χ3n) is 13.4. The van der Waals surface area contributed by atoms with Crippen LogP contribution in [0.1, 0.15) is 29.1 Å². The van der Waals surface area contributed by atoms with Gasteiger partial charge in [0.1, 0.15) is 77.4 Å². The molecule has 0 spiro atoms.